The highest BCUT2D eigenvalue weighted by atomic mass is 79.9. The number of aryl methyl sites for hydroxylation is 1. The zero-order chi connectivity index (χ0) is 20.1. The molecule has 2 N–H and O–H groups in total. The van der Waals surface area contributed by atoms with Crippen LogP contribution in [-0.2, 0) is 11.2 Å². The Bertz CT molecular complexity index is 884. The average Bonchev–Trinajstić information content (AvgIpc) is 3.03. The van der Waals surface area contributed by atoms with Crippen molar-refractivity contribution >= 4 is 45.4 Å². The first kappa shape index (κ1) is 20.6. The Balaban J connectivity index is 1.75. The molecule has 0 spiro atoms. The first-order valence-electron chi connectivity index (χ1n) is 9.09. The quantitative estimate of drug-likeness (QED) is 0.565. The van der Waals surface area contributed by atoms with Crippen LogP contribution in [0.25, 0.3) is 6.08 Å². The number of amides is 1. The Labute approximate surface area is 178 Å². The third-order valence-electron chi connectivity index (χ3n) is 4.23. The van der Waals surface area contributed by atoms with Crippen molar-refractivity contribution in [2.24, 2.45) is 0 Å². The van der Waals surface area contributed by atoms with E-state index in [-0.39, 0.29) is 11.4 Å². The molecule has 1 saturated heterocycles. The maximum absolute atomic E-state index is 12.4. The number of nitrogens with one attached hydrogen (secondary N) is 2. The van der Waals surface area contributed by atoms with E-state index in [1.807, 2.05) is 37.3 Å². The number of carbonyl (C=O) groups excluding carboxylic acids is 1. The van der Waals surface area contributed by atoms with Gasteiger partial charge in [0.05, 0.1) is 23.1 Å². The fraction of sp³-hybridized carbons (Fsp3) is 0.286. The number of hydrogen-bond acceptors (Lipinski definition) is 5. The third-order valence-corrected chi connectivity index (χ3v) is 5.85. The molecule has 5 nitrogen and oxygen atoms in total. The molecule has 28 heavy (non-hydrogen) atoms. The van der Waals surface area contributed by atoms with Crippen molar-refractivity contribution < 1.29 is 14.3 Å². The van der Waals surface area contributed by atoms with E-state index in [0.717, 1.165) is 22.1 Å². The van der Waals surface area contributed by atoms with Gasteiger partial charge in [0.1, 0.15) is 0 Å². The van der Waals surface area contributed by atoms with Crippen molar-refractivity contribution in [1.29, 1.82) is 0 Å². The number of thioether (sulfide) groups is 1. The SMILES string of the molecule is CCOc1c(Br)cc(/C=C2\S[C@@H](Nc3ccc(CC)cc3)NC2=O)cc1OC. The van der Waals surface area contributed by atoms with Gasteiger partial charge in [0.25, 0.3) is 5.91 Å². The van der Waals surface area contributed by atoms with Crippen LogP contribution in [-0.4, -0.2) is 25.1 Å². The lowest BCUT2D eigenvalue weighted by Crippen LogP contribution is -2.30. The van der Waals surface area contributed by atoms with E-state index in [9.17, 15) is 4.79 Å². The van der Waals surface area contributed by atoms with Gasteiger partial charge in [-0.15, -0.1) is 0 Å². The van der Waals surface area contributed by atoms with E-state index in [4.69, 9.17) is 9.47 Å². The maximum atomic E-state index is 12.4. The van der Waals surface area contributed by atoms with Gasteiger partial charge in [-0.3, -0.25) is 4.79 Å². The average molecular weight is 463 g/mol. The molecule has 0 bridgehead atoms. The van der Waals surface area contributed by atoms with E-state index in [0.29, 0.717) is 23.0 Å². The summed E-state index contributed by atoms with van der Waals surface area (Å²) in [7, 11) is 1.60. The summed E-state index contributed by atoms with van der Waals surface area (Å²) in [5.74, 6) is 1.18. The molecular weight excluding hydrogens is 440 g/mol. The molecule has 3 rings (SSSR count). The highest BCUT2D eigenvalue weighted by Crippen LogP contribution is 2.38. The minimum Gasteiger partial charge on any atom is -0.493 e. The van der Waals surface area contributed by atoms with Crippen molar-refractivity contribution in [3.8, 4) is 11.5 Å². The summed E-state index contributed by atoms with van der Waals surface area (Å²) in [5.41, 5.74) is 2.91. The maximum Gasteiger partial charge on any atom is 0.260 e. The van der Waals surface area contributed by atoms with E-state index in [1.54, 1.807) is 7.11 Å². The Morgan fingerprint density at radius 1 is 1.25 bits per heavy atom. The van der Waals surface area contributed by atoms with E-state index < -0.39 is 0 Å². The lowest BCUT2D eigenvalue weighted by molar-refractivity contribution is -0.116. The molecular formula is C21H23BrN2O3S. The van der Waals surface area contributed by atoms with Crippen LogP contribution in [0, 0.1) is 0 Å². The highest BCUT2D eigenvalue weighted by Gasteiger charge is 2.27. The number of rotatable bonds is 7. The molecule has 1 aliphatic rings. The Kier molecular flexibility index (Phi) is 6.91. The number of hydrogen-bond donors (Lipinski definition) is 2. The van der Waals surface area contributed by atoms with Gasteiger partial charge in [0.2, 0.25) is 0 Å². The number of halogens is 1. The van der Waals surface area contributed by atoms with Crippen molar-refractivity contribution in [2.45, 2.75) is 25.8 Å². The fourth-order valence-electron chi connectivity index (χ4n) is 2.81. The summed E-state index contributed by atoms with van der Waals surface area (Å²) in [6, 6.07) is 12.0. The van der Waals surface area contributed by atoms with Gasteiger partial charge >= 0.3 is 0 Å². The molecule has 1 amide bonds. The van der Waals surface area contributed by atoms with Gasteiger partial charge < -0.3 is 20.1 Å². The van der Waals surface area contributed by atoms with Crippen LogP contribution < -0.4 is 20.1 Å². The van der Waals surface area contributed by atoms with Crippen molar-refractivity contribution in [2.75, 3.05) is 19.0 Å². The number of methoxy groups -OCH3 is 1. The summed E-state index contributed by atoms with van der Waals surface area (Å²) >= 11 is 4.97. The standard InChI is InChI=1S/C21H23BrN2O3S/c1-4-13-6-8-15(9-7-13)23-21-24-20(25)18(28-21)12-14-10-16(22)19(27-5-2)17(11-14)26-3/h6-12,21,23H,4-5H2,1-3H3,(H,24,25)/b18-12-/t21-/m0/s1. The van der Waals surface area contributed by atoms with E-state index >= 15 is 0 Å². The number of benzene rings is 2. The van der Waals surface area contributed by atoms with Gasteiger partial charge in [-0.25, -0.2) is 0 Å². The first-order valence-corrected chi connectivity index (χ1v) is 10.8. The molecule has 7 heteroatoms. The minimum atomic E-state index is -0.209. The zero-order valence-corrected chi connectivity index (χ0v) is 18.4. The molecule has 2 aromatic carbocycles. The minimum absolute atomic E-state index is 0.100. The van der Waals surface area contributed by atoms with Gasteiger partial charge in [-0.1, -0.05) is 30.8 Å². The molecule has 0 saturated carbocycles. The second-order valence-electron chi connectivity index (χ2n) is 6.14. The lowest BCUT2D eigenvalue weighted by atomic mass is 10.1. The smallest absolute Gasteiger partial charge is 0.260 e. The molecule has 0 aliphatic carbocycles. The summed E-state index contributed by atoms with van der Waals surface area (Å²) < 4.78 is 11.8. The Hall–Kier alpha value is -2.12. The van der Waals surface area contributed by atoms with Crippen molar-refractivity contribution in [3.63, 3.8) is 0 Å². The number of carbonyl (C=O) groups is 1. The largest absolute Gasteiger partial charge is 0.493 e. The third kappa shape index (κ3) is 4.83. The summed E-state index contributed by atoms with van der Waals surface area (Å²) in [6.07, 6.45) is 2.86. The summed E-state index contributed by atoms with van der Waals surface area (Å²) in [4.78, 5) is 13.0. The van der Waals surface area contributed by atoms with Crippen LogP contribution in [0.5, 0.6) is 11.5 Å². The van der Waals surface area contributed by atoms with Crippen LogP contribution in [0.3, 0.4) is 0 Å². The van der Waals surface area contributed by atoms with Gasteiger partial charge in [-0.05, 0) is 70.7 Å². The van der Waals surface area contributed by atoms with Gasteiger partial charge in [0.15, 0.2) is 17.0 Å². The zero-order valence-electron chi connectivity index (χ0n) is 16.0. The molecule has 1 fully saturated rings. The fourth-order valence-corrected chi connectivity index (χ4v) is 4.37. The normalized spacial score (nSPS) is 17.5. The second kappa shape index (κ2) is 9.39. The lowest BCUT2D eigenvalue weighted by Gasteiger charge is -2.13. The molecule has 1 atom stereocenters. The molecule has 0 unspecified atom stereocenters. The molecule has 2 aromatic rings. The predicted octanol–water partition coefficient (Wildman–Crippen LogP) is 5.02. The van der Waals surface area contributed by atoms with Gasteiger partial charge in [-0.2, -0.15) is 0 Å². The summed E-state index contributed by atoms with van der Waals surface area (Å²) in [6.45, 7) is 4.59. The van der Waals surface area contributed by atoms with E-state index in [2.05, 4.69) is 45.6 Å². The van der Waals surface area contributed by atoms with Crippen molar-refractivity contribution in [3.05, 3.63) is 56.9 Å². The van der Waals surface area contributed by atoms with Crippen LogP contribution in [0.4, 0.5) is 5.69 Å². The van der Waals surface area contributed by atoms with Gasteiger partial charge in [0, 0.05) is 5.69 Å². The van der Waals surface area contributed by atoms with Crippen LogP contribution in [0.1, 0.15) is 25.0 Å². The second-order valence-corrected chi connectivity index (χ2v) is 8.14. The highest BCUT2D eigenvalue weighted by molar-refractivity contribution is 9.10. The molecule has 0 aromatic heterocycles. The Morgan fingerprint density at radius 2 is 2.00 bits per heavy atom. The van der Waals surface area contributed by atoms with Crippen molar-refractivity contribution in [1.82, 2.24) is 5.32 Å². The topological polar surface area (TPSA) is 59.6 Å². The first-order chi connectivity index (χ1) is 13.5. The van der Waals surface area contributed by atoms with Crippen LogP contribution in [0.15, 0.2) is 45.8 Å². The number of anilines is 1. The molecule has 148 valence electrons. The predicted molar refractivity (Wildman–Crippen MR) is 119 cm³/mol. The monoisotopic (exact) mass is 462 g/mol. The van der Waals surface area contributed by atoms with Crippen LogP contribution >= 0.6 is 27.7 Å². The van der Waals surface area contributed by atoms with Crippen LogP contribution in [0.2, 0.25) is 0 Å². The molecule has 1 aliphatic heterocycles. The summed E-state index contributed by atoms with van der Waals surface area (Å²) in [5, 5.41) is 6.29. The van der Waals surface area contributed by atoms with E-state index in [1.165, 1.54) is 17.3 Å². The Morgan fingerprint density at radius 3 is 2.64 bits per heavy atom. The molecule has 0 radical (unpaired) electrons. The number of ether oxygens (including phenoxy) is 2. The molecule has 1 heterocycles.